The first-order valence-corrected chi connectivity index (χ1v) is 9.74. The zero-order valence-electron chi connectivity index (χ0n) is 14.3. The summed E-state index contributed by atoms with van der Waals surface area (Å²) < 4.78 is 0. The van der Waals surface area contributed by atoms with Crippen molar-refractivity contribution in [3.8, 4) is 0 Å². The van der Waals surface area contributed by atoms with Gasteiger partial charge in [0.15, 0.2) is 5.13 Å². The van der Waals surface area contributed by atoms with Gasteiger partial charge in [0.1, 0.15) is 5.69 Å². The largest absolute Gasteiger partial charge is 0.366 e. The van der Waals surface area contributed by atoms with Crippen LogP contribution in [0.3, 0.4) is 0 Å². The predicted molar refractivity (Wildman–Crippen MR) is 101 cm³/mol. The third kappa shape index (κ3) is 3.55. The number of piperidine rings is 1. The average Bonchev–Trinajstić information content (AvgIpc) is 3.41. The van der Waals surface area contributed by atoms with Gasteiger partial charge in [0, 0.05) is 36.4 Å². The molecule has 1 aliphatic carbocycles. The Kier molecular flexibility index (Phi) is 4.58. The molecule has 4 rings (SSSR count). The fraction of sp³-hybridized carbons (Fsp3) is 0.444. The fourth-order valence-corrected chi connectivity index (χ4v) is 4.18. The van der Waals surface area contributed by atoms with E-state index in [0.717, 1.165) is 5.69 Å². The van der Waals surface area contributed by atoms with Crippen molar-refractivity contribution in [2.75, 3.05) is 23.3 Å². The van der Waals surface area contributed by atoms with Crippen molar-refractivity contribution in [2.45, 2.75) is 31.6 Å². The molecular formula is C18H20N4O3S. The molecule has 1 aromatic heterocycles. The second-order valence-corrected chi connectivity index (χ2v) is 7.71. The van der Waals surface area contributed by atoms with Crippen LogP contribution in [-0.2, 0) is 4.79 Å². The molecule has 136 valence electrons. The van der Waals surface area contributed by atoms with E-state index in [0.29, 0.717) is 42.7 Å². The number of nitrogens with zero attached hydrogens (tertiary/aromatic N) is 3. The van der Waals surface area contributed by atoms with E-state index in [9.17, 15) is 14.9 Å². The molecular weight excluding hydrogens is 352 g/mol. The molecule has 1 N–H and O–H groups in total. The molecule has 1 aliphatic heterocycles. The van der Waals surface area contributed by atoms with Crippen molar-refractivity contribution in [1.82, 2.24) is 4.98 Å². The highest BCUT2D eigenvalue weighted by atomic mass is 32.1. The highest BCUT2D eigenvalue weighted by molar-refractivity contribution is 7.13. The van der Waals surface area contributed by atoms with Gasteiger partial charge in [0.2, 0.25) is 5.91 Å². The van der Waals surface area contributed by atoms with Crippen LogP contribution in [-0.4, -0.2) is 28.9 Å². The van der Waals surface area contributed by atoms with Gasteiger partial charge in [0.05, 0.1) is 10.6 Å². The van der Waals surface area contributed by atoms with Gasteiger partial charge in [-0.05, 0) is 31.7 Å². The quantitative estimate of drug-likeness (QED) is 0.637. The molecule has 2 aliphatic rings. The lowest BCUT2D eigenvalue weighted by atomic mass is 9.95. The van der Waals surface area contributed by atoms with E-state index in [1.807, 2.05) is 10.3 Å². The lowest BCUT2D eigenvalue weighted by Crippen LogP contribution is -2.38. The minimum absolute atomic E-state index is 0.00362. The number of carbonyl (C=O) groups is 1. The first kappa shape index (κ1) is 17.0. The molecule has 0 radical (unpaired) electrons. The SMILES string of the molecule is O=C(Nc1nc(C2CC2)cs1)C1CCN(c2ccccc2[N+](=O)[O-])CC1. The summed E-state index contributed by atoms with van der Waals surface area (Å²) in [4.78, 5) is 29.9. The normalized spacial score (nSPS) is 17.9. The molecule has 1 saturated heterocycles. The number of carbonyl (C=O) groups excluding carboxylic acids is 1. The van der Waals surface area contributed by atoms with Crippen LogP contribution in [0.4, 0.5) is 16.5 Å². The number of thiazole rings is 1. The molecule has 26 heavy (non-hydrogen) atoms. The van der Waals surface area contributed by atoms with Gasteiger partial charge < -0.3 is 10.2 Å². The van der Waals surface area contributed by atoms with Crippen LogP contribution in [0.15, 0.2) is 29.6 Å². The Bertz CT molecular complexity index is 825. The lowest BCUT2D eigenvalue weighted by Gasteiger charge is -2.32. The number of amides is 1. The van der Waals surface area contributed by atoms with Crippen molar-refractivity contribution < 1.29 is 9.72 Å². The van der Waals surface area contributed by atoms with Crippen LogP contribution >= 0.6 is 11.3 Å². The number of aromatic nitrogens is 1. The first-order valence-electron chi connectivity index (χ1n) is 8.86. The number of nitro benzene ring substituents is 1. The molecule has 1 saturated carbocycles. The molecule has 0 spiro atoms. The molecule has 1 amide bonds. The standard InChI is InChI=1S/C18H20N4O3S/c23-17(20-18-19-14(11-26-18)12-5-6-12)13-7-9-21(10-8-13)15-3-1-2-4-16(15)22(24)25/h1-4,11-13H,5-10H2,(H,19,20,23). The Balaban J connectivity index is 1.35. The summed E-state index contributed by atoms with van der Waals surface area (Å²) in [6.45, 7) is 1.27. The third-order valence-corrected chi connectivity index (χ3v) is 5.81. The van der Waals surface area contributed by atoms with E-state index in [-0.39, 0.29) is 22.4 Å². The summed E-state index contributed by atoms with van der Waals surface area (Å²) in [5, 5.41) is 16.9. The Morgan fingerprint density at radius 1 is 1.23 bits per heavy atom. The van der Waals surface area contributed by atoms with E-state index in [1.165, 1.54) is 30.2 Å². The van der Waals surface area contributed by atoms with Crippen LogP contribution < -0.4 is 10.2 Å². The molecule has 0 atom stereocenters. The summed E-state index contributed by atoms with van der Waals surface area (Å²) in [6.07, 6.45) is 3.75. The molecule has 8 heteroatoms. The van der Waals surface area contributed by atoms with Crippen LogP contribution in [0.2, 0.25) is 0 Å². The Labute approximate surface area is 155 Å². The van der Waals surface area contributed by atoms with Gasteiger partial charge in [-0.15, -0.1) is 11.3 Å². The van der Waals surface area contributed by atoms with Crippen molar-refractivity contribution in [3.63, 3.8) is 0 Å². The second-order valence-electron chi connectivity index (χ2n) is 6.85. The Morgan fingerprint density at radius 2 is 1.96 bits per heavy atom. The van der Waals surface area contributed by atoms with Crippen LogP contribution in [0.25, 0.3) is 0 Å². The number of nitrogens with one attached hydrogen (secondary N) is 1. The third-order valence-electron chi connectivity index (χ3n) is 5.03. The highest BCUT2D eigenvalue weighted by Gasteiger charge is 2.29. The Morgan fingerprint density at radius 3 is 2.65 bits per heavy atom. The number of anilines is 2. The van der Waals surface area contributed by atoms with E-state index in [4.69, 9.17) is 0 Å². The topological polar surface area (TPSA) is 88.4 Å². The maximum Gasteiger partial charge on any atom is 0.292 e. The van der Waals surface area contributed by atoms with Gasteiger partial charge >= 0.3 is 0 Å². The molecule has 2 fully saturated rings. The summed E-state index contributed by atoms with van der Waals surface area (Å²) in [7, 11) is 0. The first-order chi connectivity index (χ1) is 12.6. The monoisotopic (exact) mass is 372 g/mol. The summed E-state index contributed by atoms with van der Waals surface area (Å²) in [5.74, 6) is 0.507. The van der Waals surface area contributed by atoms with Gasteiger partial charge in [-0.1, -0.05) is 12.1 Å². The summed E-state index contributed by atoms with van der Waals surface area (Å²) in [6, 6.07) is 6.77. The zero-order chi connectivity index (χ0) is 18.1. The van der Waals surface area contributed by atoms with Gasteiger partial charge in [-0.3, -0.25) is 14.9 Å². The minimum atomic E-state index is -0.353. The summed E-state index contributed by atoms with van der Waals surface area (Å²) in [5.41, 5.74) is 1.84. The van der Waals surface area contributed by atoms with Crippen LogP contribution in [0.5, 0.6) is 0 Å². The van der Waals surface area contributed by atoms with Gasteiger partial charge in [0.25, 0.3) is 5.69 Å². The minimum Gasteiger partial charge on any atom is -0.366 e. The van der Waals surface area contributed by atoms with Crippen molar-refractivity contribution in [2.24, 2.45) is 5.92 Å². The Hall–Kier alpha value is -2.48. The number of hydrogen-bond donors (Lipinski definition) is 1. The molecule has 2 aromatic rings. The lowest BCUT2D eigenvalue weighted by molar-refractivity contribution is -0.384. The smallest absolute Gasteiger partial charge is 0.292 e. The van der Waals surface area contributed by atoms with E-state index in [1.54, 1.807) is 18.2 Å². The molecule has 0 unspecified atom stereocenters. The van der Waals surface area contributed by atoms with E-state index in [2.05, 4.69) is 10.3 Å². The number of nitro groups is 1. The number of benzene rings is 1. The second kappa shape index (κ2) is 7.03. The number of rotatable bonds is 5. The number of hydrogen-bond acceptors (Lipinski definition) is 6. The zero-order valence-corrected chi connectivity index (χ0v) is 15.1. The van der Waals surface area contributed by atoms with Gasteiger partial charge in [-0.25, -0.2) is 4.98 Å². The van der Waals surface area contributed by atoms with Crippen molar-refractivity contribution >= 4 is 33.8 Å². The van der Waals surface area contributed by atoms with Crippen molar-refractivity contribution in [1.29, 1.82) is 0 Å². The maximum absolute atomic E-state index is 12.5. The van der Waals surface area contributed by atoms with E-state index >= 15 is 0 Å². The van der Waals surface area contributed by atoms with Gasteiger partial charge in [-0.2, -0.15) is 0 Å². The average molecular weight is 372 g/mol. The van der Waals surface area contributed by atoms with E-state index < -0.39 is 0 Å². The molecule has 1 aromatic carbocycles. The predicted octanol–water partition coefficient (Wildman–Crippen LogP) is 3.78. The maximum atomic E-state index is 12.5. The fourth-order valence-electron chi connectivity index (χ4n) is 3.39. The number of para-hydroxylation sites is 2. The molecule has 7 nitrogen and oxygen atoms in total. The molecule has 2 heterocycles. The highest BCUT2D eigenvalue weighted by Crippen LogP contribution is 2.41. The van der Waals surface area contributed by atoms with Crippen LogP contribution in [0, 0.1) is 16.0 Å². The summed E-state index contributed by atoms with van der Waals surface area (Å²) >= 11 is 1.48. The van der Waals surface area contributed by atoms with Crippen molar-refractivity contribution in [3.05, 3.63) is 45.5 Å². The molecule has 0 bridgehead atoms. The van der Waals surface area contributed by atoms with Crippen LogP contribution in [0.1, 0.15) is 37.3 Å².